The fourth-order valence-electron chi connectivity index (χ4n) is 3.08. The molecular weight excluding hydrogens is 244 g/mol. The predicted molar refractivity (Wildman–Crippen MR) is 75.1 cm³/mol. The molecule has 1 saturated carbocycles. The Kier molecular flexibility index (Phi) is 3.55. The van der Waals surface area contributed by atoms with Crippen molar-refractivity contribution in [2.45, 2.75) is 44.9 Å². The molecule has 0 radical (unpaired) electrons. The third-order valence-electron chi connectivity index (χ3n) is 4.15. The third-order valence-corrected chi connectivity index (χ3v) is 4.49. The molecule has 0 aromatic carbocycles. The van der Waals surface area contributed by atoms with E-state index in [1.54, 1.807) is 0 Å². The molecule has 0 bridgehead atoms. The molecule has 0 saturated heterocycles. The minimum atomic E-state index is 0.872. The van der Waals surface area contributed by atoms with E-state index in [-0.39, 0.29) is 0 Å². The number of fused-ring (bicyclic) bond motifs is 1. The zero-order chi connectivity index (χ0) is 12.4. The molecule has 3 rings (SSSR count). The van der Waals surface area contributed by atoms with Gasteiger partial charge in [0.1, 0.15) is 0 Å². The van der Waals surface area contributed by atoms with Crippen LogP contribution in [0.3, 0.4) is 0 Å². The molecule has 2 heterocycles. The Morgan fingerprint density at radius 3 is 2.89 bits per heavy atom. The van der Waals surface area contributed by atoms with Crippen molar-refractivity contribution in [2.24, 2.45) is 5.92 Å². The van der Waals surface area contributed by atoms with E-state index in [0.29, 0.717) is 0 Å². The second-order valence-electron chi connectivity index (χ2n) is 5.36. The molecule has 18 heavy (non-hydrogen) atoms. The highest BCUT2D eigenvalue weighted by atomic mass is 35.5. The monoisotopic (exact) mass is 262 g/mol. The Bertz CT molecular complexity index is 526. The smallest absolute Gasteiger partial charge is 0.0994 e. The van der Waals surface area contributed by atoms with Crippen LogP contribution in [0.5, 0.6) is 0 Å². The molecule has 0 unspecified atom stereocenters. The van der Waals surface area contributed by atoms with Crippen molar-refractivity contribution in [3.05, 3.63) is 35.4 Å². The average Bonchev–Trinajstić information content (AvgIpc) is 2.87. The van der Waals surface area contributed by atoms with Crippen LogP contribution in [-0.4, -0.2) is 9.38 Å². The first-order valence-electron chi connectivity index (χ1n) is 6.94. The van der Waals surface area contributed by atoms with E-state index in [9.17, 15) is 0 Å². The molecule has 0 spiro atoms. The van der Waals surface area contributed by atoms with Crippen molar-refractivity contribution in [3.63, 3.8) is 0 Å². The highest BCUT2D eigenvalue weighted by Gasteiger charge is 2.15. The number of nitrogens with zero attached hydrogens (tertiary/aromatic N) is 2. The third kappa shape index (κ3) is 2.39. The summed E-state index contributed by atoms with van der Waals surface area (Å²) in [6.07, 6.45) is 13.1. The van der Waals surface area contributed by atoms with Crippen LogP contribution in [0.15, 0.2) is 24.7 Å². The highest BCUT2D eigenvalue weighted by Crippen LogP contribution is 2.29. The number of aryl methyl sites for hydroxylation is 1. The molecule has 1 fully saturated rings. The molecule has 2 aromatic rings. The van der Waals surface area contributed by atoms with Crippen LogP contribution in [0.4, 0.5) is 0 Å². The second-order valence-corrected chi connectivity index (χ2v) is 5.77. The largest absolute Gasteiger partial charge is 0.302 e. The fraction of sp³-hybridized carbons (Fsp3) is 0.533. The van der Waals surface area contributed by atoms with E-state index in [4.69, 9.17) is 11.6 Å². The maximum Gasteiger partial charge on any atom is 0.0994 e. The van der Waals surface area contributed by atoms with E-state index in [1.807, 2.05) is 24.7 Å². The molecular formula is C15H19ClN2. The van der Waals surface area contributed by atoms with Gasteiger partial charge in [-0.1, -0.05) is 43.7 Å². The Hall–Kier alpha value is -1.02. The van der Waals surface area contributed by atoms with Crippen molar-refractivity contribution < 1.29 is 0 Å². The van der Waals surface area contributed by atoms with E-state index in [2.05, 4.69) is 9.38 Å². The van der Waals surface area contributed by atoms with Gasteiger partial charge in [-0.05, 0) is 30.9 Å². The van der Waals surface area contributed by atoms with Crippen LogP contribution < -0.4 is 0 Å². The molecule has 0 amide bonds. The molecule has 1 aliphatic carbocycles. The molecule has 2 aromatic heterocycles. The van der Waals surface area contributed by atoms with Gasteiger partial charge in [0.15, 0.2) is 0 Å². The van der Waals surface area contributed by atoms with Gasteiger partial charge >= 0.3 is 0 Å². The van der Waals surface area contributed by atoms with Crippen LogP contribution in [0, 0.1) is 5.92 Å². The summed E-state index contributed by atoms with van der Waals surface area (Å²) in [5.74, 6) is 0.897. The van der Waals surface area contributed by atoms with Crippen LogP contribution in [0.1, 0.15) is 44.2 Å². The number of hydrogen-bond acceptors (Lipinski definition) is 1. The summed E-state index contributed by atoms with van der Waals surface area (Å²) in [5.41, 5.74) is 2.36. The van der Waals surface area contributed by atoms with Gasteiger partial charge in [0.2, 0.25) is 0 Å². The summed E-state index contributed by atoms with van der Waals surface area (Å²) in [7, 11) is 0. The quantitative estimate of drug-likeness (QED) is 0.796. The maximum absolute atomic E-state index is 6.33. The van der Waals surface area contributed by atoms with E-state index >= 15 is 0 Å². The SMILES string of the molecule is Clc1ccc2cncn2c1CCC1CCCCC1. The summed E-state index contributed by atoms with van der Waals surface area (Å²) < 4.78 is 2.13. The number of halogens is 1. The normalized spacial score (nSPS) is 17.4. The lowest BCUT2D eigenvalue weighted by Crippen LogP contribution is -2.08. The molecule has 1 aliphatic rings. The standard InChI is InChI=1S/C15H19ClN2/c16-14-8-7-13-10-17-11-18(13)15(14)9-6-12-4-2-1-3-5-12/h7-8,10-12H,1-6,9H2. The Morgan fingerprint density at radius 2 is 2.06 bits per heavy atom. The van der Waals surface area contributed by atoms with Gasteiger partial charge in [0.05, 0.1) is 23.1 Å². The van der Waals surface area contributed by atoms with Gasteiger partial charge in [-0.3, -0.25) is 0 Å². The van der Waals surface area contributed by atoms with Crippen LogP contribution in [0.25, 0.3) is 5.52 Å². The lowest BCUT2D eigenvalue weighted by molar-refractivity contribution is 0.338. The average molecular weight is 263 g/mol. The van der Waals surface area contributed by atoms with Gasteiger partial charge in [-0.2, -0.15) is 0 Å². The maximum atomic E-state index is 6.33. The topological polar surface area (TPSA) is 17.3 Å². The molecule has 96 valence electrons. The zero-order valence-corrected chi connectivity index (χ0v) is 11.4. The first-order valence-corrected chi connectivity index (χ1v) is 7.32. The lowest BCUT2D eigenvalue weighted by atomic mass is 9.86. The van der Waals surface area contributed by atoms with Crippen molar-refractivity contribution in [3.8, 4) is 0 Å². The summed E-state index contributed by atoms with van der Waals surface area (Å²) in [4.78, 5) is 4.20. The van der Waals surface area contributed by atoms with Crippen molar-refractivity contribution in [1.82, 2.24) is 9.38 Å². The lowest BCUT2D eigenvalue weighted by Gasteiger charge is -2.21. The van der Waals surface area contributed by atoms with Crippen LogP contribution in [0.2, 0.25) is 5.02 Å². The number of pyridine rings is 1. The summed E-state index contributed by atoms with van der Waals surface area (Å²) >= 11 is 6.33. The first-order chi connectivity index (χ1) is 8.84. The number of rotatable bonds is 3. The minimum absolute atomic E-state index is 0.872. The van der Waals surface area contributed by atoms with Crippen molar-refractivity contribution >= 4 is 17.1 Å². The Labute approximate surface area is 113 Å². The van der Waals surface area contributed by atoms with Gasteiger partial charge in [-0.15, -0.1) is 0 Å². The second kappa shape index (κ2) is 5.31. The first kappa shape index (κ1) is 12.0. The van der Waals surface area contributed by atoms with Gasteiger partial charge < -0.3 is 4.40 Å². The summed E-state index contributed by atoms with van der Waals surface area (Å²) in [6.45, 7) is 0. The molecule has 0 atom stereocenters. The van der Waals surface area contributed by atoms with Gasteiger partial charge in [0.25, 0.3) is 0 Å². The van der Waals surface area contributed by atoms with E-state index < -0.39 is 0 Å². The van der Waals surface area contributed by atoms with Crippen molar-refractivity contribution in [2.75, 3.05) is 0 Å². The van der Waals surface area contributed by atoms with Gasteiger partial charge in [0, 0.05) is 5.69 Å². The predicted octanol–water partition coefficient (Wildman–Crippen LogP) is 4.50. The summed E-state index contributed by atoms with van der Waals surface area (Å²) in [6, 6.07) is 4.02. The minimum Gasteiger partial charge on any atom is -0.302 e. The Morgan fingerprint density at radius 1 is 1.22 bits per heavy atom. The summed E-state index contributed by atoms with van der Waals surface area (Å²) in [5, 5.41) is 0.872. The molecule has 2 nitrogen and oxygen atoms in total. The fourth-order valence-corrected chi connectivity index (χ4v) is 3.33. The number of hydrogen-bond donors (Lipinski definition) is 0. The van der Waals surface area contributed by atoms with E-state index in [1.165, 1.54) is 44.2 Å². The van der Waals surface area contributed by atoms with Crippen LogP contribution >= 0.6 is 11.6 Å². The van der Waals surface area contributed by atoms with Gasteiger partial charge in [-0.25, -0.2) is 4.98 Å². The van der Waals surface area contributed by atoms with Crippen molar-refractivity contribution in [1.29, 1.82) is 0 Å². The Balaban J connectivity index is 1.76. The molecule has 0 N–H and O–H groups in total. The van der Waals surface area contributed by atoms with E-state index in [0.717, 1.165) is 22.9 Å². The molecule has 0 aliphatic heterocycles. The number of imidazole rings is 1. The highest BCUT2D eigenvalue weighted by molar-refractivity contribution is 6.31. The van der Waals surface area contributed by atoms with Crippen LogP contribution in [-0.2, 0) is 6.42 Å². The molecule has 3 heteroatoms. The number of aromatic nitrogens is 2. The zero-order valence-electron chi connectivity index (χ0n) is 10.6.